The van der Waals surface area contributed by atoms with Crippen molar-refractivity contribution < 1.29 is 14.7 Å². The van der Waals surface area contributed by atoms with E-state index in [9.17, 15) is 9.59 Å². The number of hydrogen-bond acceptors (Lipinski definition) is 4. The van der Waals surface area contributed by atoms with Crippen LogP contribution in [0.15, 0.2) is 5.38 Å². The molecule has 0 radical (unpaired) electrons. The van der Waals surface area contributed by atoms with Gasteiger partial charge in [-0.1, -0.05) is 19.8 Å². The van der Waals surface area contributed by atoms with Crippen molar-refractivity contribution in [3.63, 3.8) is 0 Å². The largest absolute Gasteiger partial charge is 0.476 e. The lowest BCUT2D eigenvalue weighted by Crippen LogP contribution is -2.46. The van der Waals surface area contributed by atoms with E-state index in [1.54, 1.807) is 6.92 Å². The number of carbonyl (C=O) groups excluding carboxylic acids is 1. The highest BCUT2D eigenvalue weighted by molar-refractivity contribution is 7.09. The molecule has 3 unspecified atom stereocenters. The second kappa shape index (κ2) is 6.89. The Morgan fingerprint density at radius 3 is 2.76 bits per heavy atom. The van der Waals surface area contributed by atoms with Crippen LogP contribution in [0.5, 0.6) is 0 Å². The van der Waals surface area contributed by atoms with Crippen molar-refractivity contribution in [1.82, 2.24) is 15.6 Å². The maximum Gasteiger partial charge on any atom is 0.355 e. The zero-order chi connectivity index (χ0) is 15.4. The van der Waals surface area contributed by atoms with Crippen LogP contribution in [0.3, 0.4) is 0 Å². The molecule has 116 valence electrons. The first kappa shape index (κ1) is 15.8. The summed E-state index contributed by atoms with van der Waals surface area (Å²) in [5.74, 6) is -0.552. The fourth-order valence-corrected chi connectivity index (χ4v) is 3.38. The maximum atomic E-state index is 12.0. The molecule has 0 spiro atoms. The number of nitrogens with one attached hydrogen (secondary N) is 2. The van der Waals surface area contributed by atoms with Gasteiger partial charge >= 0.3 is 12.0 Å². The second-order valence-corrected chi connectivity index (χ2v) is 6.47. The lowest BCUT2D eigenvalue weighted by molar-refractivity contribution is 0.0691. The number of nitrogens with zero attached hydrogens (tertiary/aromatic N) is 1. The first-order chi connectivity index (χ1) is 9.97. The van der Waals surface area contributed by atoms with Crippen molar-refractivity contribution in [3.05, 3.63) is 16.1 Å². The molecule has 0 bridgehead atoms. The number of amides is 2. The highest BCUT2D eigenvalue weighted by Crippen LogP contribution is 2.24. The zero-order valence-electron chi connectivity index (χ0n) is 12.3. The number of carbonyl (C=O) groups is 2. The van der Waals surface area contributed by atoms with E-state index in [2.05, 4.69) is 22.5 Å². The highest BCUT2D eigenvalue weighted by atomic mass is 32.1. The Morgan fingerprint density at radius 2 is 2.14 bits per heavy atom. The third-order valence-electron chi connectivity index (χ3n) is 3.89. The Hall–Kier alpha value is -1.63. The molecule has 1 aliphatic rings. The van der Waals surface area contributed by atoms with Crippen molar-refractivity contribution >= 4 is 23.3 Å². The molecule has 0 aromatic carbocycles. The molecule has 1 heterocycles. The van der Waals surface area contributed by atoms with Crippen LogP contribution in [-0.2, 0) is 0 Å². The molecule has 1 aliphatic carbocycles. The van der Waals surface area contributed by atoms with E-state index in [1.165, 1.54) is 23.1 Å². The van der Waals surface area contributed by atoms with Crippen molar-refractivity contribution in [2.45, 2.75) is 51.6 Å². The molecule has 0 saturated heterocycles. The van der Waals surface area contributed by atoms with Crippen LogP contribution in [0, 0.1) is 5.92 Å². The summed E-state index contributed by atoms with van der Waals surface area (Å²) < 4.78 is 0. The van der Waals surface area contributed by atoms with Gasteiger partial charge in [0.2, 0.25) is 0 Å². The maximum absolute atomic E-state index is 12.0. The van der Waals surface area contributed by atoms with Crippen molar-refractivity contribution in [1.29, 1.82) is 0 Å². The molecule has 1 saturated carbocycles. The lowest BCUT2D eigenvalue weighted by Gasteiger charge is -2.29. The minimum absolute atomic E-state index is 0.0185. The van der Waals surface area contributed by atoms with Crippen molar-refractivity contribution in [3.8, 4) is 0 Å². The second-order valence-electron chi connectivity index (χ2n) is 5.58. The molecule has 0 aliphatic heterocycles. The van der Waals surface area contributed by atoms with Gasteiger partial charge in [0, 0.05) is 11.4 Å². The zero-order valence-corrected chi connectivity index (χ0v) is 13.1. The van der Waals surface area contributed by atoms with Gasteiger partial charge < -0.3 is 15.7 Å². The smallest absolute Gasteiger partial charge is 0.355 e. The summed E-state index contributed by atoms with van der Waals surface area (Å²) in [5.41, 5.74) is 0.0185. The van der Waals surface area contributed by atoms with Crippen molar-refractivity contribution in [2.75, 3.05) is 0 Å². The lowest BCUT2D eigenvalue weighted by atomic mass is 9.86. The molecule has 1 fully saturated rings. The predicted octanol–water partition coefficient (Wildman–Crippen LogP) is 2.78. The van der Waals surface area contributed by atoms with E-state index in [1.807, 2.05) is 0 Å². The van der Waals surface area contributed by atoms with Gasteiger partial charge in [-0.2, -0.15) is 0 Å². The number of aromatic nitrogens is 1. The minimum Gasteiger partial charge on any atom is -0.476 e. The highest BCUT2D eigenvalue weighted by Gasteiger charge is 2.24. The van der Waals surface area contributed by atoms with E-state index in [-0.39, 0.29) is 23.8 Å². The number of carboxylic acid groups (broad SMARTS) is 1. The molecule has 21 heavy (non-hydrogen) atoms. The summed E-state index contributed by atoms with van der Waals surface area (Å²) in [6, 6.07) is -0.299. The van der Waals surface area contributed by atoms with Gasteiger partial charge in [0.05, 0.1) is 6.04 Å². The molecular weight excluding hydrogens is 290 g/mol. The number of hydrogen-bond donors (Lipinski definition) is 3. The quantitative estimate of drug-likeness (QED) is 0.797. The SMILES string of the molecule is CC(NC(=O)NC1CCCCC1C)c1nc(C(=O)O)cs1. The Kier molecular flexibility index (Phi) is 5.17. The van der Waals surface area contributed by atoms with E-state index >= 15 is 0 Å². The van der Waals surface area contributed by atoms with Crippen LogP contribution < -0.4 is 10.6 Å². The monoisotopic (exact) mass is 311 g/mol. The Bertz CT molecular complexity index is 517. The normalized spacial score (nSPS) is 23.3. The molecule has 1 aromatic rings. The van der Waals surface area contributed by atoms with Crippen molar-refractivity contribution in [2.24, 2.45) is 5.92 Å². The molecule has 2 amide bonds. The molecule has 3 atom stereocenters. The van der Waals surface area contributed by atoms with Crippen LogP contribution in [0.25, 0.3) is 0 Å². The van der Waals surface area contributed by atoms with Crippen LogP contribution in [0.4, 0.5) is 4.79 Å². The summed E-state index contributed by atoms with van der Waals surface area (Å²) >= 11 is 1.24. The standard InChI is InChI=1S/C14H21N3O3S/c1-8-5-3-4-6-10(8)17-14(20)15-9(2)12-16-11(7-21-12)13(18)19/h7-10H,3-6H2,1-2H3,(H,18,19)(H2,15,17,20). The van der Waals surface area contributed by atoms with Gasteiger partial charge in [0.15, 0.2) is 5.69 Å². The van der Waals surface area contributed by atoms with E-state index < -0.39 is 5.97 Å². The number of aromatic carboxylic acids is 1. The summed E-state index contributed by atoms with van der Waals surface area (Å²) in [5, 5.41) is 16.8. The van der Waals surface area contributed by atoms with Crippen LogP contribution in [0.1, 0.15) is 61.1 Å². The summed E-state index contributed by atoms with van der Waals surface area (Å²) in [6.45, 7) is 3.96. The number of thiazole rings is 1. The van der Waals surface area contributed by atoms with Crippen LogP contribution >= 0.6 is 11.3 Å². The molecule has 3 N–H and O–H groups in total. The summed E-state index contributed by atoms with van der Waals surface area (Å²) in [7, 11) is 0. The molecule has 2 rings (SSSR count). The van der Waals surface area contributed by atoms with E-state index in [0.29, 0.717) is 10.9 Å². The minimum atomic E-state index is -1.05. The molecule has 6 nitrogen and oxygen atoms in total. The fraction of sp³-hybridized carbons (Fsp3) is 0.643. The average molecular weight is 311 g/mol. The number of carboxylic acids is 1. The Labute approximate surface area is 128 Å². The number of urea groups is 1. The number of rotatable bonds is 4. The molecule has 1 aromatic heterocycles. The van der Waals surface area contributed by atoms with Gasteiger partial charge in [0.25, 0.3) is 0 Å². The average Bonchev–Trinajstić information content (AvgIpc) is 2.91. The third-order valence-corrected chi connectivity index (χ3v) is 4.91. The van der Waals surface area contributed by atoms with Gasteiger partial charge in [-0.25, -0.2) is 14.6 Å². The Balaban J connectivity index is 1.87. The summed E-state index contributed by atoms with van der Waals surface area (Å²) in [6.07, 6.45) is 4.55. The fourth-order valence-electron chi connectivity index (χ4n) is 2.58. The summed E-state index contributed by atoms with van der Waals surface area (Å²) in [4.78, 5) is 26.8. The van der Waals surface area contributed by atoms with Gasteiger partial charge in [0.1, 0.15) is 5.01 Å². The van der Waals surface area contributed by atoms with Crippen LogP contribution in [0.2, 0.25) is 0 Å². The predicted molar refractivity (Wildman–Crippen MR) is 80.6 cm³/mol. The topological polar surface area (TPSA) is 91.3 Å². The van der Waals surface area contributed by atoms with Gasteiger partial charge in [-0.05, 0) is 25.7 Å². The van der Waals surface area contributed by atoms with Crippen LogP contribution in [-0.4, -0.2) is 28.1 Å². The third kappa shape index (κ3) is 4.17. The van der Waals surface area contributed by atoms with Gasteiger partial charge in [-0.15, -0.1) is 11.3 Å². The van der Waals surface area contributed by atoms with Gasteiger partial charge in [-0.3, -0.25) is 0 Å². The molecular formula is C14H21N3O3S. The first-order valence-corrected chi connectivity index (χ1v) is 8.11. The molecule has 7 heteroatoms. The Morgan fingerprint density at radius 1 is 1.43 bits per heavy atom. The van der Waals surface area contributed by atoms with E-state index in [4.69, 9.17) is 5.11 Å². The van der Waals surface area contributed by atoms with E-state index in [0.717, 1.165) is 19.3 Å². The first-order valence-electron chi connectivity index (χ1n) is 7.23.